The van der Waals surface area contributed by atoms with Crippen LogP contribution >= 0.6 is 11.3 Å². The smallest absolute Gasteiger partial charge is 0.108 e. The minimum atomic E-state index is 0.800. The highest BCUT2D eigenvalue weighted by Gasteiger charge is 2.12. The number of hydrogen-bond acceptors (Lipinski definition) is 4. The number of aryl methyl sites for hydroxylation is 1. The van der Waals surface area contributed by atoms with E-state index >= 15 is 0 Å². The summed E-state index contributed by atoms with van der Waals surface area (Å²) in [4.78, 5) is 5.66. The fraction of sp³-hybridized carbons (Fsp3) is 0.154. The van der Waals surface area contributed by atoms with Crippen LogP contribution in [0.5, 0.6) is 0 Å². The van der Waals surface area contributed by atoms with Gasteiger partial charge < -0.3 is 10.2 Å². The third-order valence-corrected chi connectivity index (χ3v) is 4.18. The first-order chi connectivity index (χ1) is 8.25. The average Bonchev–Trinajstić information content (AvgIpc) is 2.92. The van der Waals surface area contributed by atoms with Crippen molar-refractivity contribution in [1.29, 1.82) is 0 Å². The molecule has 3 nitrogen and oxygen atoms in total. The molecule has 86 valence electrons. The Bertz CT molecular complexity index is 655. The van der Waals surface area contributed by atoms with Gasteiger partial charge in [-0.3, -0.25) is 4.98 Å². The first kappa shape index (κ1) is 10.4. The normalized spacial score (nSPS) is 11.1. The van der Waals surface area contributed by atoms with Gasteiger partial charge in [0.1, 0.15) is 5.76 Å². The number of hydrogen-bond donors (Lipinski definition) is 1. The van der Waals surface area contributed by atoms with Crippen molar-refractivity contribution < 1.29 is 4.42 Å². The molecule has 3 rings (SSSR count). The first-order valence-corrected chi connectivity index (χ1v) is 6.22. The van der Waals surface area contributed by atoms with E-state index in [-0.39, 0.29) is 0 Å². The third-order valence-electron chi connectivity index (χ3n) is 2.85. The quantitative estimate of drug-likeness (QED) is 0.752. The van der Waals surface area contributed by atoms with Crippen molar-refractivity contribution in [2.45, 2.75) is 13.3 Å². The molecule has 3 heterocycles. The van der Waals surface area contributed by atoms with Crippen molar-refractivity contribution in [3.8, 4) is 0 Å². The predicted octanol–water partition coefficient (Wildman–Crippen LogP) is 3.37. The lowest BCUT2D eigenvalue weighted by Crippen LogP contribution is -1.86. The van der Waals surface area contributed by atoms with E-state index in [1.165, 1.54) is 10.4 Å². The molecule has 0 aliphatic heterocycles. The van der Waals surface area contributed by atoms with Crippen LogP contribution in [-0.2, 0) is 6.42 Å². The minimum absolute atomic E-state index is 0.800. The van der Waals surface area contributed by atoms with Crippen LogP contribution in [0.15, 0.2) is 35.1 Å². The zero-order valence-electron chi connectivity index (χ0n) is 9.43. The van der Waals surface area contributed by atoms with E-state index in [1.54, 1.807) is 23.8 Å². The van der Waals surface area contributed by atoms with E-state index in [1.807, 2.05) is 18.2 Å². The minimum Gasteiger partial charge on any atom is -0.469 e. The van der Waals surface area contributed by atoms with Gasteiger partial charge in [0.15, 0.2) is 0 Å². The number of anilines is 1. The molecule has 0 saturated carbocycles. The maximum Gasteiger partial charge on any atom is 0.108 e. The van der Waals surface area contributed by atoms with Crippen LogP contribution in [0.1, 0.15) is 16.2 Å². The van der Waals surface area contributed by atoms with Crippen LogP contribution in [0.3, 0.4) is 0 Å². The second-order valence-electron chi connectivity index (χ2n) is 3.98. The number of pyridine rings is 1. The van der Waals surface area contributed by atoms with Crippen LogP contribution in [-0.4, -0.2) is 4.98 Å². The molecule has 0 atom stereocenters. The second kappa shape index (κ2) is 3.89. The van der Waals surface area contributed by atoms with Gasteiger partial charge in [0.05, 0.1) is 22.2 Å². The lowest BCUT2D eigenvalue weighted by Gasteiger charge is -1.95. The van der Waals surface area contributed by atoms with Crippen LogP contribution in [0.4, 0.5) is 5.69 Å². The van der Waals surface area contributed by atoms with E-state index < -0.39 is 0 Å². The zero-order chi connectivity index (χ0) is 11.8. The Labute approximate surface area is 103 Å². The molecule has 2 N–H and O–H groups in total. The predicted molar refractivity (Wildman–Crippen MR) is 70.3 cm³/mol. The van der Waals surface area contributed by atoms with E-state index in [9.17, 15) is 0 Å². The highest BCUT2D eigenvalue weighted by molar-refractivity contribution is 7.19. The lowest BCUT2D eigenvalue weighted by atomic mass is 10.2. The molecule has 0 aromatic carbocycles. The summed E-state index contributed by atoms with van der Waals surface area (Å²) in [6.45, 7) is 2.09. The van der Waals surface area contributed by atoms with Gasteiger partial charge in [0, 0.05) is 17.5 Å². The van der Waals surface area contributed by atoms with Crippen molar-refractivity contribution >= 4 is 27.2 Å². The van der Waals surface area contributed by atoms with Crippen molar-refractivity contribution in [2.24, 2.45) is 0 Å². The van der Waals surface area contributed by atoms with E-state index in [0.29, 0.717) is 0 Å². The fourth-order valence-corrected chi connectivity index (χ4v) is 3.11. The summed E-state index contributed by atoms with van der Waals surface area (Å²) in [6, 6.07) is 5.74. The summed E-state index contributed by atoms with van der Waals surface area (Å²) in [5, 5.41) is 0. The number of thiophene rings is 1. The summed E-state index contributed by atoms with van der Waals surface area (Å²) >= 11 is 1.70. The standard InChI is InChI=1S/C13H12N2OS/c1-8-11(7-9-3-2-6-16-9)17-13-10(14)4-5-15-12(8)13/h2-6H,7H2,1H3,(H2,14,15). The summed E-state index contributed by atoms with van der Waals surface area (Å²) in [5.41, 5.74) is 8.97. The number of fused-ring (bicyclic) bond motifs is 1. The van der Waals surface area contributed by atoms with Crippen LogP contribution in [0, 0.1) is 6.92 Å². The highest BCUT2D eigenvalue weighted by Crippen LogP contribution is 2.34. The maximum absolute atomic E-state index is 5.96. The Morgan fingerprint density at radius 1 is 1.41 bits per heavy atom. The molecule has 3 aromatic rings. The summed E-state index contributed by atoms with van der Waals surface area (Å²) in [6.07, 6.45) is 4.26. The van der Waals surface area contributed by atoms with Gasteiger partial charge in [0.2, 0.25) is 0 Å². The molecule has 0 radical (unpaired) electrons. The van der Waals surface area contributed by atoms with Gasteiger partial charge in [-0.15, -0.1) is 11.3 Å². The number of furan rings is 1. The number of rotatable bonds is 2. The first-order valence-electron chi connectivity index (χ1n) is 5.40. The van der Waals surface area contributed by atoms with Crippen LogP contribution < -0.4 is 5.73 Å². The summed E-state index contributed by atoms with van der Waals surface area (Å²) in [7, 11) is 0. The molecule has 0 unspecified atom stereocenters. The largest absolute Gasteiger partial charge is 0.469 e. The summed E-state index contributed by atoms with van der Waals surface area (Å²) in [5.74, 6) is 0.971. The number of nitrogens with zero attached hydrogens (tertiary/aromatic N) is 1. The molecule has 0 bridgehead atoms. The van der Waals surface area contributed by atoms with E-state index in [4.69, 9.17) is 10.2 Å². The molecule has 0 fully saturated rings. The van der Waals surface area contributed by atoms with Gasteiger partial charge in [-0.1, -0.05) is 0 Å². The Morgan fingerprint density at radius 2 is 2.29 bits per heavy atom. The van der Waals surface area contributed by atoms with Crippen molar-refractivity contribution in [3.63, 3.8) is 0 Å². The molecular weight excluding hydrogens is 232 g/mol. The fourth-order valence-electron chi connectivity index (χ4n) is 1.91. The molecule has 3 aromatic heterocycles. The van der Waals surface area contributed by atoms with Crippen LogP contribution in [0.25, 0.3) is 10.2 Å². The molecule has 17 heavy (non-hydrogen) atoms. The second-order valence-corrected chi connectivity index (χ2v) is 5.09. The Kier molecular flexibility index (Phi) is 2.37. The zero-order valence-corrected chi connectivity index (χ0v) is 10.3. The lowest BCUT2D eigenvalue weighted by molar-refractivity contribution is 0.521. The Balaban J connectivity index is 2.11. The van der Waals surface area contributed by atoms with E-state index in [0.717, 1.165) is 28.1 Å². The number of aromatic nitrogens is 1. The highest BCUT2D eigenvalue weighted by atomic mass is 32.1. The number of nitrogen functional groups attached to an aromatic ring is 1. The molecule has 0 saturated heterocycles. The Hall–Kier alpha value is -1.81. The molecule has 0 aliphatic rings. The van der Waals surface area contributed by atoms with Gasteiger partial charge in [0.25, 0.3) is 0 Å². The Morgan fingerprint density at radius 3 is 3.00 bits per heavy atom. The monoisotopic (exact) mass is 244 g/mol. The third kappa shape index (κ3) is 1.70. The molecule has 0 spiro atoms. The van der Waals surface area contributed by atoms with Gasteiger partial charge in [-0.25, -0.2) is 0 Å². The van der Waals surface area contributed by atoms with E-state index in [2.05, 4.69) is 11.9 Å². The summed E-state index contributed by atoms with van der Waals surface area (Å²) < 4.78 is 6.45. The van der Waals surface area contributed by atoms with Gasteiger partial charge >= 0.3 is 0 Å². The number of nitrogens with two attached hydrogens (primary N) is 1. The van der Waals surface area contributed by atoms with Gasteiger partial charge in [-0.05, 0) is 30.7 Å². The topological polar surface area (TPSA) is 52.0 Å². The van der Waals surface area contributed by atoms with Crippen molar-refractivity contribution in [1.82, 2.24) is 4.98 Å². The van der Waals surface area contributed by atoms with Crippen molar-refractivity contribution in [3.05, 3.63) is 46.9 Å². The average molecular weight is 244 g/mol. The molecule has 0 amide bonds. The maximum atomic E-state index is 5.96. The molecular formula is C13H12N2OS. The SMILES string of the molecule is Cc1c(Cc2ccco2)sc2c(N)ccnc12. The van der Waals surface area contributed by atoms with Crippen molar-refractivity contribution in [2.75, 3.05) is 5.73 Å². The molecule has 4 heteroatoms. The van der Waals surface area contributed by atoms with Crippen LogP contribution in [0.2, 0.25) is 0 Å². The molecule has 0 aliphatic carbocycles. The van der Waals surface area contributed by atoms with Gasteiger partial charge in [-0.2, -0.15) is 0 Å².